The zero-order chi connectivity index (χ0) is 12.5. The van der Waals surface area contributed by atoms with Crippen molar-refractivity contribution in [2.45, 2.75) is 13.3 Å². The zero-order valence-electron chi connectivity index (χ0n) is 7.91. The Kier molecular flexibility index (Phi) is 3.48. The molecule has 16 heavy (non-hydrogen) atoms. The van der Waals surface area contributed by atoms with Crippen molar-refractivity contribution in [1.82, 2.24) is 4.98 Å². The third-order valence-corrected chi connectivity index (χ3v) is 1.94. The average molecular weight is 251 g/mol. The minimum absolute atomic E-state index is 0.0695. The number of nitro groups is 1. The number of pyridine rings is 1. The van der Waals surface area contributed by atoms with Crippen LogP contribution in [0.4, 0.5) is 14.5 Å². The molecule has 0 atom stereocenters. The van der Waals surface area contributed by atoms with Crippen LogP contribution in [0.3, 0.4) is 0 Å². The molecule has 1 aromatic heterocycles. The van der Waals surface area contributed by atoms with Crippen molar-refractivity contribution in [3.63, 3.8) is 0 Å². The van der Waals surface area contributed by atoms with Crippen molar-refractivity contribution in [2.24, 2.45) is 0 Å². The summed E-state index contributed by atoms with van der Waals surface area (Å²) in [4.78, 5) is 23.9. The molecule has 0 saturated carbocycles. The predicted molar refractivity (Wildman–Crippen MR) is 50.8 cm³/mol. The number of carbonyl (C=O) groups excluding carboxylic acids is 1. The Morgan fingerprint density at radius 3 is 2.56 bits per heavy atom. The minimum atomic E-state index is -3.19. The van der Waals surface area contributed by atoms with Crippen molar-refractivity contribution >= 4 is 22.5 Å². The lowest BCUT2D eigenvalue weighted by molar-refractivity contribution is -0.386. The standard InChI is InChI=1S/C8H5ClF2N2O3/c1-3-2-4(13(15)16)5(8(10)11)6(12-3)7(9)14/h2,8H,1H3. The van der Waals surface area contributed by atoms with Gasteiger partial charge < -0.3 is 0 Å². The number of hydrogen-bond donors (Lipinski definition) is 0. The van der Waals surface area contributed by atoms with Gasteiger partial charge in [0.1, 0.15) is 11.3 Å². The van der Waals surface area contributed by atoms with Crippen molar-refractivity contribution in [3.8, 4) is 0 Å². The van der Waals surface area contributed by atoms with E-state index in [-0.39, 0.29) is 5.69 Å². The number of rotatable bonds is 3. The van der Waals surface area contributed by atoms with Crippen molar-refractivity contribution in [2.75, 3.05) is 0 Å². The third kappa shape index (κ3) is 2.30. The summed E-state index contributed by atoms with van der Waals surface area (Å²) in [5.41, 5.74) is -2.61. The molecule has 0 radical (unpaired) electrons. The number of aryl methyl sites for hydroxylation is 1. The average Bonchev–Trinajstić information content (AvgIpc) is 2.15. The van der Waals surface area contributed by atoms with E-state index in [4.69, 9.17) is 11.6 Å². The smallest absolute Gasteiger partial charge is 0.274 e. The second-order valence-corrected chi connectivity index (χ2v) is 3.22. The highest BCUT2D eigenvalue weighted by Gasteiger charge is 2.29. The minimum Gasteiger partial charge on any atom is -0.274 e. The predicted octanol–water partition coefficient (Wildman–Crippen LogP) is 2.61. The van der Waals surface area contributed by atoms with Gasteiger partial charge in [0, 0.05) is 11.8 Å². The normalized spacial score (nSPS) is 10.6. The molecule has 0 aliphatic carbocycles. The van der Waals surface area contributed by atoms with Gasteiger partial charge in [-0.2, -0.15) is 0 Å². The van der Waals surface area contributed by atoms with Gasteiger partial charge in [-0.3, -0.25) is 14.9 Å². The summed E-state index contributed by atoms with van der Waals surface area (Å²) in [5.74, 6) is 0. The maximum atomic E-state index is 12.6. The van der Waals surface area contributed by atoms with Crippen LogP contribution in [-0.4, -0.2) is 15.1 Å². The molecule has 0 aliphatic heterocycles. The molecular formula is C8H5ClF2N2O3. The van der Waals surface area contributed by atoms with Crippen LogP contribution in [0.1, 0.15) is 28.2 Å². The molecule has 5 nitrogen and oxygen atoms in total. The van der Waals surface area contributed by atoms with Gasteiger partial charge in [-0.25, -0.2) is 13.8 Å². The highest BCUT2D eigenvalue weighted by Crippen LogP contribution is 2.32. The van der Waals surface area contributed by atoms with Crippen LogP contribution in [0.25, 0.3) is 0 Å². The van der Waals surface area contributed by atoms with Gasteiger partial charge in [0.2, 0.25) is 0 Å². The second-order valence-electron chi connectivity index (χ2n) is 2.88. The number of carbonyl (C=O) groups is 1. The lowest BCUT2D eigenvalue weighted by atomic mass is 10.1. The van der Waals surface area contributed by atoms with Gasteiger partial charge in [0.25, 0.3) is 17.4 Å². The molecule has 0 bridgehead atoms. The summed E-state index contributed by atoms with van der Waals surface area (Å²) >= 11 is 5.04. The molecular weight excluding hydrogens is 246 g/mol. The first-order valence-electron chi connectivity index (χ1n) is 3.98. The van der Waals surface area contributed by atoms with E-state index in [0.29, 0.717) is 0 Å². The molecule has 1 rings (SSSR count). The molecule has 8 heteroatoms. The van der Waals surface area contributed by atoms with Gasteiger partial charge >= 0.3 is 0 Å². The Labute approximate surface area is 93.2 Å². The van der Waals surface area contributed by atoms with Gasteiger partial charge in [0.15, 0.2) is 0 Å². The van der Waals surface area contributed by atoms with E-state index in [1.54, 1.807) is 0 Å². The Morgan fingerprint density at radius 2 is 2.19 bits per heavy atom. The van der Waals surface area contributed by atoms with Crippen LogP contribution in [0.5, 0.6) is 0 Å². The first-order chi connectivity index (χ1) is 7.34. The molecule has 0 amide bonds. The summed E-state index contributed by atoms with van der Waals surface area (Å²) in [5, 5.41) is 9.30. The fourth-order valence-electron chi connectivity index (χ4n) is 1.18. The highest BCUT2D eigenvalue weighted by molar-refractivity contribution is 6.67. The first-order valence-corrected chi connectivity index (χ1v) is 4.36. The summed E-state index contributed by atoms with van der Waals surface area (Å²) in [6.45, 7) is 1.34. The van der Waals surface area contributed by atoms with Crippen molar-refractivity contribution in [1.29, 1.82) is 0 Å². The molecule has 0 aromatic carbocycles. The fraction of sp³-hybridized carbons (Fsp3) is 0.250. The Morgan fingerprint density at radius 1 is 1.62 bits per heavy atom. The van der Waals surface area contributed by atoms with Gasteiger partial charge in [0.05, 0.1) is 4.92 Å². The zero-order valence-corrected chi connectivity index (χ0v) is 8.66. The third-order valence-electron chi connectivity index (χ3n) is 1.77. The topological polar surface area (TPSA) is 73.1 Å². The second kappa shape index (κ2) is 4.48. The van der Waals surface area contributed by atoms with Crippen LogP contribution in [-0.2, 0) is 0 Å². The van der Waals surface area contributed by atoms with Gasteiger partial charge in [-0.1, -0.05) is 0 Å². The number of nitrogens with zero attached hydrogens (tertiary/aromatic N) is 2. The quantitative estimate of drug-likeness (QED) is 0.469. The molecule has 1 heterocycles. The molecule has 0 N–H and O–H groups in total. The van der Waals surface area contributed by atoms with Crippen LogP contribution < -0.4 is 0 Å². The molecule has 1 aromatic rings. The number of alkyl halides is 2. The number of aromatic nitrogens is 1. The van der Waals surface area contributed by atoms with E-state index in [0.717, 1.165) is 6.07 Å². The van der Waals surface area contributed by atoms with Crippen LogP contribution in [0.2, 0.25) is 0 Å². The largest absolute Gasteiger partial charge is 0.282 e. The van der Waals surface area contributed by atoms with Crippen LogP contribution in [0, 0.1) is 17.0 Å². The summed E-state index contributed by atoms with van der Waals surface area (Å²) in [7, 11) is 0. The van der Waals surface area contributed by atoms with Crippen LogP contribution >= 0.6 is 11.6 Å². The Balaban J connectivity index is 3.60. The van der Waals surface area contributed by atoms with E-state index in [9.17, 15) is 23.7 Å². The van der Waals surface area contributed by atoms with Crippen molar-refractivity contribution in [3.05, 3.63) is 33.1 Å². The highest BCUT2D eigenvalue weighted by atomic mass is 35.5. The van der Waals surface area contributed by atoms with E-state index >= 15 is 0 Å². The van der Waals surface area contributed by atoms with E-state index in [1.165, 1.54) is 6.92 Å². The van der Waals surface area contributed by atoms with Crippen LogP contribution in [0.15, 0.2) is 6.07 Å². The summed E-state index contributed by atoms with van der Waals surface area (Å²) in [6, 6.07) is 0.866. The molecule has 0 unspecified atom stereocenters. The lowest BCUT2D eigenvalue weighted by Gasteiger charge is -2.06. The van der Waals surface area contributed by atoms with Gasteiger partial charge in [-0.15, -0.1) is 0 Å². The number of hydrogen-bond acceptors (Lipinski definition) is 4. The fourth-order valence-corrected chi connectivity index (χ4v) is 1.33. The SMILES string of the molecule is Cc1cc([N+](=O)[O-])c(C(F)F)c(C(=O)Cl)n1. The number of halogens is 3. The summed E-state index contributed by atoms with van der Waals surface area (Å²) in [6.07, 6.45) is -3.19. The molecule has 0 saturated heterocycles. The summed E-state index contributed by atoms with van der Waals surface area (Å²) < 4.78 is 25.2. The monoisotopic (exact) mass is 250 g/mol. The van der Waals surface area contributed by atoms with Crippen molar-refractivity contribution < 1.29 is 18.5 Å². The molecule has 0 fully saturated rings. The first kappa shape index (κ1) is 12.4. The lowest BCUT2D eigenvalue weighted by Crippen LogP contribution is -2.07. The van der Waals surface area contributed by atoms with E-state index in [2.05, 4.69) is 4.98 Å². The molecule has 0 aliphatic rings. The molecule has 86 valence electrons. The van der Waals surface area contributed by atoms with Gasteiger partial charge in [-0.05, 0) is 18.5 Å². The maximum Gasteiger partial charge on any atom is 0.282 e. The van der Waals surface area contributed by atoms with E-state index < -0.39 is 33.5 Å². The Bertz CT molecular complexity index is 430. The molecule has 0 spiro atoms. The maximum absolute atomic E-state index is 12.6. The van der Waals surface area contributed by atoms with E-state index in [1.807, 2.05) is 0 Å². The Hall–Kier alpha value is -1.63.